The fourth-order valence-electron chi connectivity index (χ4n) is 11.5. The fraction of sp³-hybridized carbons (Fsp3) is 0.722. The van der Waals surface area contributed by atoms with Gasteiger partial charge in [-0.05, 0) is 109 Å². The third-order valence-corrected chi connectivity index (χ3v) is 14.4. The zero-order valence-electron chi connectivity index (χ0n) is 26.8. The van der Waals surface area contributed by atoms with Crippen molar-refractivity contribution in [3.63, 3.8) is 0 Å². The van der Waals surface area contributed by atoms with E-state index in [-0.39, 0.29) is 39.4 Å². The van der Waals surface area contributed by atoms with Gasteiger partial charge in [-0.25, -0.2) is 0 Å². The lowest BCUT2D eigenvalue weighted by molar-refractivity contribution is -0.187. The molecule has 1 aromatic rings. The largest absolute Gasteiger partial charge is 0.299 e. The minimum atomic E-state index is -0.521. The summed E-state index contributed by atoms with van der Waals surface area (Å²) < 4.78 is 0. The maximum absolute atomic E-state index is 14.2. The van der Waals surface area contributed by atoms with Gasteiger partial charge in [-0.2, -0.15) is 0 Å². The van der Waals surface area contributed by atoms with Gasteiger partial charge in [0, 0.05) is 29.8 Å². The first-order chi connectivity index (χ1) is 19.7. The van der Waals surface area contributed by atoms with Crippen LogP contribution in [0.1, 0.15) is 117 Å². The fourth-order valence-corrected chi connectivity index (χ4v) is 11.5. The predicted octanol–water partition coefficient (Wildman–Crippen LogP) is 7.07. The molecule has 6 nitrogen and oxygen atoms in total. The van der Waals surface area contributed by atoms with Crippen LogP contribution in [0, 0.1) is 56.7 Å². The summed E-state index contributed by atoms with van der Waals surface area (Å²) in [5, 5.41) is 0. The topological polar surface area (TPSA) is 88.2 Å². The summed E-state index contributed by atoms with van der Waals surface area (Å²) in [6.07, 6.45) is 14.4. The zero-order chi connectivity index (χ0) is 30.3. The highest BCUT2D eigenvalue weighted by Crippen LogP contribution is 2.75. The quantitative estimate of drug-likeness (QED) is 0.293. The first-order valence-corrected chi connectivity index (χ1v) is 16.5. The molecule has 42 heavy (non-hydrogen) atoms. The van der Waals surface area contributed by atoms with Gasteiger partial charge in [0.15, 0.2) is 0 Å². The van der Waals surface area contributed by atoms with Crippen molar-refractivity contribution in [2.45, 2.75) is 106 Å². The molecule has 0 spiro atoms. The first-order valence-electron chi connectivity index (χ1n) is 16.5. The minimum Gasteiger partial charge on any atom is -0.299 e. The van der Waals surface area contributed by atoms with Gasteiger partial charge < -0.3 is 0 Å². The smallest absolute Gasteiger partial charge is 0.269 e. The number of rotatable bonds is 2. The normalized spacial score (nSPS) is 43.9. The lowest BCUT2D eigenvalue weighted by atomic mass is 9.33. The van der Waals surface area contributed by atoms with Gasteiger partial charge in [-0.15, -0.1) is 0 Å². The van der Waals surface area contributed by atoms with Crippen LogP contribution in [-0.2, 0) is 9.59 Å². The molecule has 1 aromatic heterocycles. The number of amides is 2. The SMILES string of the molecule is C[C@H]1[C@H](C)CC[C@]2(C(=O)NNC(=O)c3ccncc3)CC[C@]3(C)C(=CC[C@@H]4[C@@]5(C)CCC(=O)C(C)(C)[C@@H]5CC[C@]43C)[C@H]12. The van der Waals surface area contributed by atoms with Crippen molar-refractivity contribution in [1.29, 1.82) is 0 Å². The molecule has 6 heteroatoms. The first kappa shape index (κ1) is 29.6. The van der Waals surface area contributed by atoms with E-state index in [1.165, 1.54) is 5.57 Å². The average molecular weight is 574 g/mol. The van der Waals surface area contributed by atoms with Gasteiger partial charge in [0.2, 0.25) is 5.91 Å². The van der Waals surface area contributed by atoms with E-state index in [0.29, 0.717) is 41.4 Å². The van der Waals surface area contributed by atoms with E-state index in [2.05, 4.69) is 70.4 Å². The molecule has 4 saturated carbocycles. The number of hydrazine groups is 1. The number of carbonyl (C=O) groups is 3. The van der Waals surface area contributed by atoms with Crippen molar-refractivity contribution in [3.05, 3.63) is 41.7 Å². The molecule has 228 valence electrons. The van der Waals surface area contributed by atoms with Crippen molar-refractivity contribution in [2.24, 2.45) is 56.7 Å². The van der Waals surface area contributed by atoms with E-state index >= 15 is 0 Å². The molecular weight excluding hydrogens is 522 g/mol. The Morgan fingerprint density at radius 2 is 1.60 bits per heavy atom. The van der Waals surface area contributed by atoms with Crippen molar-refractivity contribution in [3.8, 4) is 0 Å². The molecule has 2 amide bonds. The molecule has 5 aliphatic rings. The monoisotopic (exact) mass is 573 g/mol. The molecule has 5 aliphatic carbocycles. The van der Waals surface area contributed by atoms with Crippen molar-refractivity contribution >= 4 is 17.6 Å². The highest BCUT2D eigenvalue weighted by molar-refractivity contribution is 5.96. The van der Waals surface area contributed by atoms with Crippen LogP contribution in [0.3, 0.4) is 0 Å². The Morgan fingerprint density at radius 3 is 2.31 bits per heavy atom. The van der Waals surface area contributed by atoms with E-state index in [1.54, 1.807) is 24.5 Å². The zero-order valence-corrected chi connectivity index (χ0v) is 26.8. The lowest BCUT2D eigenvalue weighted by Gasteiger charge is -2.71. The number of hydrogen-bond donors (Lipinski definition) is 2. The van der Waals surface area contributed by atoms with Crippen molar-refractivity contribution in [2.75, 3.05) is 0 Å². The van der Waals surface area contributed by atoms with E-state index in [9.17, 15) is 14.4 Å². The summed E-state index contributed by atoms with van der Waals surface area (Å²) in [4.78, 5) is 44.1. The van der Waals surface area contributed by atoms with Gasteiger partial charge in [-0.3, -0.25) is 30.2 Å². The van der Waals surface area contributed by atoms with Gasteiger partial charge in [-0.1, -0.05) is 60.1 Å². The number of hydrogen-bond acceptors (Lipinski definition) is 4. The molecular formula is C36H51N3O3. The van der Waals surface area contributed by atoms with Crippen LogP contribution in [0.2, 0.25) is 0 Å². The molecule has 1 heterocycles. The van der Waals surface area contributed by atoms with E-state index < -0.39 is 5.41 Å². The van der Waals surface area contributed by atoms with Crippen LogP contribution in [0.25, 0.3) is 0 Å². The highest BCUT2D eigenvalue weighted by atomic mass is 16.2. The van der Waals surface area contributed by atoms with Crippen LogP contribution in [0.15, 0.2) is 36.2 Å². The second-order valence-corrected chi connectivity index (χ2v) is 16.1. The van der Waals surface area contributed by atoms with Crippen LogP contribution >= 0.6 is 0 Å². The van der Waals surface area contributed by atoms with Crippen LogP contribution in [0.5, 0.6) is 0 Å². The summed E-state index contributed by atoms with van der Waals surface area (Å²) in [6, 6.07) is 3.31. The van der Waals surface area contributed by atoms with Crippen LogP contribution in [-0.4, -0.2) is 22.6 Å². The number of allylic oxidation sites excluding steroid dienone is 2. The molecule has 0 radical (unpaired) electrons. The third kappa shape index (κ3) is 3.88. The van der Waals surface area contributed by atoms with Gasteiger partial charge in [0.05, 0.1) is 5.41 Å². The van der Waals surface area contributed by atoms with Gasteiger partial charge in [0.25, 0.3) is 5.91 Å². The Labute approximate surface area is 252 Å². The van der Waals surface area contributed by atoms with Gasteiger partial charge in [0.1, 0.15) is 5.78 Å². The Bertz CT molecular complexity index is 1320. The molecule has 0 aliphatic heterocycles. The summed E-state index contributed by atoms with van der Waals surface area (Å²) in [7, 11) is 0. The number of pyridine rings is 1. The summed E-state index contributed by atoms with van der Waals surface area (Å²) >= 11 is 0. The van der Waals surface area contributed by atoms with E-state index in [4.69, 9.17) is 0 Å². The van der Waals surface area contributed by atoms with Crippen molar-refractivity contribution in [1.82, 2.24) is 15.8 Å². The lowest BCUT2D eigenvalue weighted by Crippen LogP contribution is -2.66. The second-order valence-electron chi connectivity index (χ2n) is 16.1. The maximum atomic E-state index is 14.2. The number of aromatic nitrogens is 1. The van der Waals surface area contributed by atoms with Gasteiger partial charge >= 0.3 is 0 Å². The summed E-state index contributed by atoms with van der Waals surface area (Å²) in [5.41, 5.74) is 7.09. The second kappa shape index (κ2) is 9.75. The number of nitrogens with zero attached hydrogens (tertiary/aromatic N) is 1. The van der Waals surface area contributed by atoms with Crippen LogP contribution in [0.4, 0.5) is 0 Å². The summed E-state index contributed by atoms with van der Waals surface area (Å²) in [5.74, 6) is 2.12. The maximum Gasteiger partial charge on any atom is 0.269 e. The van der Waals surface area contributed by atoms with E-state index in [1.807, 2.05) is 0 Å². The predicted molar refractivity (Wildman–Crippen MR) is 164 cm³/mol. The number of nitrogens with one attached hydrogen (secondary N) is 2. The summed E-state index contributed by atoms with van der Waals surface area (Å²) in [6.45, 7) is 16.7. The highest BCUT2D eigenvalue weighted by Gasteiger charge is 2.69. The third-order valence-electron chi connectivity index (χ3n) is 14.4. The number of carbonyl (C=O) groups excluding carboxylic acids is 3. The molecule has 9 atom stereocenters. The number of fused-ring (bicyclic) bond motifs is 7. The van der Waals surface area contributed by atoms with E-state index in [0.717, 1.165) is 51.4 Å². The Hall–Kier alpha value is -2.50. The van der Waals surface area contributed by atoms with Crippen LogP contribution < -0.4 is 10.9 Å². The minimum absolute atomic E-state index is 0.00947. The Balaban J connectivity index is 1.35. The molecule has 2 N–H and O–H groups in total. The molecule has 6 rings (SSSR count). The Morgan fingerprint density at radius 1 is 0.881 bits per heavy atom. The average Bonchev–Trinajstić information content (AvgIpc) is 2.96. The molecule has 0 aromatic carbocycles. The molecule has 4 fully saturated rings. The standard InChI is InChI=1S/C36H51N3O3/c1-22-10-17-36(31(42)39-38-30(41)24-13-20-37-21-14-24)19-18-34(6)25(29(36)23(22)2)8-9-27-33(5)15-12-28(40)32(3,4)26(33)11-16-35(27,34)7/h8,13-14,20-23,26-27,29H,9-12,15-19H2,1-7H3,(H,38,41)(H,39,42)/t22-,23+,26+,27-,29+,33+,34-,35-,36+/m1/s1. The number of ketones is 1. The molecule has 0 saturated heterocycles. The molecule has 0 bridgehead atoms. The van der Waals surface area contributed by atoms with Crippen molar-refractivity contribution < 1.29 is 14.4 Å². The molecule has 0 unspecified atom stereocenters. The number of Topliss-reactive ketones (excluding diaryl/α,β-unsaturated/α-hetero) is 1. The Kier molecular flexibility index (Phi) is 6.87.